The molecule has 3 nitrogen and oxygen atoms in total. The molecule has 0 bridgehead atoms. The zero-order valence-corrected chi connectivity index (χ0v) is 7.93. The maximum atomic E-state index is 10.9. The Morgan fingerprint density at radius 2 is 2.09 bits per heavy atom. The van der Waals surface area contributed by atoms with Crippen molar-refractivity contribution in [1.82, 2.24) is 4.31 Å². The van der Waals surface area contributed by atoms with Gasteiger partial charge in [0.15, 0.2) is 0 Å². The first-order valence-corrected chi connectivity index (χ1v) is 4.25. The summed E-state index contributed by atoms with van der Waals surface area (Å²) in [5.41, 5.74) is 0. The van der Waals surface area contributed by atoms with Crippen molar-refractivity contribution >= 4 is 18.9 Å². The van der Waals surface area contributed by atoms with E-state index >= 15 is 0 Å². The minimum atomic E-state index is -0.350. The van der Waals surface area contributed by atoms with Gasteiger partial charge in [-0.3, -0.25) is 4.31 Å². The molecule has 0 saturated carbocycles. The first-order valence-electron chi connectivity index (χ1n) is 3.85. The van der Waals surface area contributed by atoms with E-state index in [9.17, 15) is 4.79 Å². The van der Waals surface area contributed by atoms with Crippen LogP contribution in [0.5, 0.6) is 0 Å². The summed E-state index contributed by atoms with van der Waals surface area (Å²) in [6, 6.07) is 0. The van der Waals surface area contributed by atoms with Crippen LogP contribution in [0.1, 0.15) is 26.7 Å². The number of ether oxygens (including phenoxy) is 1. The monoisotopic (exact) mass is 177 g/mol. The Labute approximate surface area is 73.3 Å². The van der Waals surface area contributed by atoms with E-state index in [-0.39, 0.29) is 6.09 Å². The molecule has 0 saturated heterocycles. The van der Waals surface area contributed by atoms with Crippen LogP contribution >= 0.6 is 12.8 Å². The van der Waals surface area contributed by atoms with Crippen molar-refractivity contribution in [2.75, 3.05) is 13.2 Å². The van der Waals surface area contributed by atoms with Gasteiger partial charge in [0.25, 0.3) is 0 Å². The fourth-order valence-corrected chi connectivity index (χ4v) is 0.825. The summed E-state index contributed by atoms with van der Waals surface area (Å²) in [4.78, 5) is 10.9. The second-order valence-electron chi connectivity index (χ2n) is 2.24. The Hall–Kier alpha value is -0.380. The first kappa shape index (κ1) is 10.6. The van der Waals surface area contributed by atoms with Gasteiger partial charge >= 0.3 is 6.09 Å². The van der Waals surface area contributed by atoms with Crippen LogP contribution in [-0.2, 0) is 4.74 Å². The number of amides is 1. The molecule has 0 fully saturated rings. The number of carbonyl (C=O) groups excluding carboxylic acids is 1. The number of nitrogens with zero attached hydrogens (tertiary/aromatic N) is 1. The molecule has 0 aromatic rings. The highest BCUT2D eigenvalue weighted by atomic mass is 32.1. The molecule has 0 spiro atoms. The molecule has 0 atom stereocenters. The lowest BCUT2D eigenvalue weighted by atomic mass is 10.5. The molecule has 66 valence electrons. The molecule has 4 heteroatoms. The second-order valence-corrected chi connectivity index (χ2v) is 2.72. The van der Waals surface area contributed by atoms with Crippen LogP contribution in [-0.4, -0.2) is 23.6 Å². The average molecular weight is 177 g/mol. The standard InChI is InChI=1S/C7H15NO2S/c1-3-5-8(11)7(9)10-6-4-2/h11H,3-6H2,1-2H3. The van der Waals surface area contributed by atoms with Crippen molar-refractivity contribution < 1.29 is 9.53 Å². The Morgan fingerprint density at radius 1 is 1.45 bits per heavy atom. The van der Waals surface area contributed by atoms with Gasteiger partial charge in [-0.15, -0.1) is 0 Å². The van der Waals surface area contributed by atoms with Crippen LogP contribution in [0.25, 0.3) is 0 Å². The SMILES string of the molecule is CCCOC(=O)N(S)CCC. The van der Waals surface area contributed by atoms with Gasteiger partial charge in [0, 0.05) is 6.54 Å². The third kappa shape index (κ3) is 4.95. The van der Waals surface area contributed by atoms with Crippen LogP contribution in [0.4, 0.5) is 4.79 Å². The molecule has 0 aliphatic carbocycles. The van der Waals surface area contributed by atoms with E-state index in [1.54, 1.807) is 0 Å². The molecule has 0 heterocycles. The molecule has 0 unspecified atom stereocenters. The van der Waals surface area contributed by atoms with Crippen LogP contribution in [0.2, 0.25) is 0 Å². The number of rotatable bonds is 4. The molecular weight excluding hydrogens is 162 g/mol. The third-order valence-electron chi connectivity index (χ3n) is 1.08. The minimum Gasteiger partial charge on any atom is -0.449 e. The van der Waals surface area contributed by atoms with Gasteiger partial charge in [0.2, 0.25) is 0 Å². The van der Waals surface area contributed by atoms with Crippen LogP contribution in [0.15, 0.2) is 0 Å². The molecule has 0 aliphatic rings. The molecule has 0 N–H and O–H groups in total. The first-order chi connectivity index (χ1) is 5.22. The lowest BCUT2D eigenvalue weighted by molar-refractivity contribution is 0.128. The largest absolute Gasteiger partial charge is 0.449 e. The predicted molar refractivity (Wildman–Crippen MR) is 47.6 cm³/mol. The van der Waals surface area contributed by atoms with E-state index in [1.165, 1.54) is 4.31 Å². The van der Waals surface area contributed by atoms with E-state index in [0.717, 1.165) is 12.8 Å². The van der Waals surface area contributed by atoms with Crippen molar-refractivity contribution in [2.24, 2.45) is 0 Å². The van der Waals surface area contributed by atoms with Crippen LogP contribution in [0.3, 0.4) is 0 Å². The lowest BCUT2D eigenvalue weighted by Crippen LogP contribution is -2.23. The van der Waals surface area contributed by atoms with Gasteiger partial charge in [-0.1, -0.05) is 26.7 Å². The highest BCUT2D eigenvalue weighted by molar-refractivity contribution is 7.78. The Balaban J connectivity index is 3.47. The predicted octanol–water partition coefficient (Wildman–Crippen LogP) is 2.09. The summed E-state index contributed by atoms with van der Waals surface area (Å²) in [5.74, 6) is 0. The van der Waals surface area contributed by atoms with Crippen molar-refractivity contribution in [1.29, 1.82) is 0 Å². The summed E-state index contributed by atoms with van der Waals surface area (Å²) in [6.07, 6.45) is 1.39. The van der Waals surface area contributed by atoms with Crippen molar-refractivity contribution in [3.8, 4) is 0 Å². The quantitative estimate of drug-likeness (QED) is 0.666. The normalized spacial score (nSPS) is 9.36. The van der Waals surface area contributed by atoms with Gasteiger partial charge in [-0.05, 0) is 12.8 Å². The van der Waals surface area contributed by atoms with E-state index in [1.807, 2.05) is 13.8 Å². The molecular formula is C7H15NO2S. The summed E-state index contributed by atoms with van der Waals surface area (Å²) in [7, 11) is 0. The fourth-order valence-electron chi connectivity index (χ4n) is 0.567. The van der Waals surface area contributed by atoms with E-state index in [0.29, 0.717) is 13.2 Å². The maximum absolute atomic E-state index is 10.9. The maximum Gasteiger partial charge on any atom is 0.419 e. The highest BCUT2D eigenvalue weighted by Gasteiger charge is 2.07. The summed E-state index contributed by atoms with van der Waals surface area (Å²) < 4.78 is 6.10. The molecule has 11 heavy (non-hydrogen) atoms. The van der Waals surface area contributed by atoms with Crippen molar-refractivity contribution in [2.45, 2.75) is 26.7 Å². The fraction of sp³-hybridized carbons (Fsp3) is 0.857. The molecule has 0 aromatic heterocycles. The Morgan fingerprint density at radius 3 is 2.55 bits per heavy atom. The number of hydrogen-bond donors (Lipinski definition) is 1. The van der Waals surface area contributed by atoms with Gasteiger partial charge < -0.3 is 4.74 Å². The van der Waals surface area contributed by atoms with Gasteiger partial charge in [-0.25, -0.2) is 4.79 Å². The molecule has 0 rings (SSSR count). The van der Waals surface area contributed by atoms with Crippen molar-refractivity contribution in [3.05, 3.63) is 0 Å². The molecule has 1 amide bonds. The summed E-state index contributed by atoms with van der Waals surface area (Å²) in [5, 5.41) is 0. The lowest BCUT2D eigenvalue weighted by Gasteiger charge is -2.13. The molecule has 0 aromatic carbocycles. The Bertz CT molecular complexity index is 119. The summed E-state index contributed by atoms with van der Waals surface area (Å²) >= 11 is 3.94. The van der Waals surface area contributed by atoms with E-state index < -0.39 is 0 Å². The van der Waals surface area contributed by atoms with E-state index in [2.05, 4.69) is 12.8 Å². The number of carbonyl (C=O) groups is 1. The highest BCUT2D eigenvalue weighted by Crippen LogP contribution is 1.99. The average Bonchev–Trinajstić information content (AvgIpc) is 2.00. The van der Waals surface area contributed by atoms with Crippen LogP contribution in [0, 0.1) is 0 Å². The van der Waals surface area contributed by atoms with Gasteiger partial charge in [0.1, 0.15) is 0 Å². The summed E-state index contributed by atoms with van der Waals surface area (Å²) in [6.45, 7) is 5.04. The zero-order chi connectivity index (χ0) is 8.69. The number of thiol groups is 1. The second kappa shape index (κ2) is 6.34. The molecule has 0 radical (unpaired) electrons. The zero-order valence-electron chi connectivity index (χ0n) is 7.04. The van der Waals surface area contributed by atoms with E-state index in [4.69, 9.17) is 4.74 Å². The smallest absolute Gasteiger partial charge is 0.419 e. The minimum absolute atomic E-state index is 0.350. The third-order valence-corrected chi connectivity index (χ3v) is 1.44. The topological polar surface area (TPSA) is 29.5 Å². The van der Waals surface area contributed by atoms with Gasteiger partial charge in [0.05, 0.1) is 6.61 Å². The molecule has 0 aliphatic heterocycles. The Kier molecular flexibility index (Phi) is 6.12. The van der Waals surface area contributed by atoms with Crippen molar-refractivity contribution in [3.63, 3.8) is 0 Å². The van der Waals surface area contributed by atoms with Gasteiger partial charge in [-0.2, -0.15) is 0 Å². The number of hydrogen-bond acceptors (Lipinski definition) is 3. The van der Waals surface area contributed by atoms with Crippen LogP contribution < -0.4 is 0 Å².